The Bertz CT molecular complexity index is 1300. The van der Waals surface area contributed by atoms with Crippen LogP contribution in [0.4, 0.5) is 0 Å². The molecular weight excluding hydrogens is 404 g/mol. The zero-order chi connectivity index (χ0) is 20.5. The molecule has 148 valence electrons. The molecule has 4 nitrogen and oxygen atoms in total. The van der Waals surface area contributed by atoms with Gasteiger partial charge in [0.05, 0.1) is 11.9 Å². The number of aryl methyl sites for hydroxylation is 3. The van der Waals surface area contributed by atoms with E-state index in [4.69, 9.17) is 11.6 Å². The minimum Gasteiger partial charge on any atom is -0.280 e. The second-order valence-electron chi connectivity index (χ2n) is 7.12. The highest BCUT2D eigenvalue weighted by Crippen LogP contribution is 2.28. The van der Waals surface area contributed by atoms with Crippen LogP contribution in [0.3, 0.4) is 0 Å². The van der Waals surface area contributed by atoms with Crippen LogP contribution in [0.15, 0.2) is 64.2 Å². The molecule has 0 aliphatic heterocycles. The smallest absolute Gasteiger partial charge is 0.280 e. The Hall–Kier alpha value is -2.63. The Balaban J connectivity index is 1.87. The molecule has 29 heavy (non-hydrogen) atoms. The normalized spacial score (nSPS) is 11.3. The second-order valence-corrected chi connectivity index (χ2v) is 8.73. The van der Waals surface area contributed by atoms with E-state index in [1.54, 1.807) is 4.57 Å². The van der Waals surface area contributed by atoms with Crippen LogP contribution < -0.4 is 11.2 Å². The maximum absolute atomic E-state index is 13.4. The highest BCUT2D eigenvalue weighted by molar-refractivity contribution is 7.18. The lowest BCUT2D eigenvalue weighted by atomic mass is 10.1. The molecule has 0 unspecified atom stereocenters. The maximum Gasteiger partial charge on any atom is 0.332 e. The first kappa shape index (κ1) is 19.7. The van der Waals surface area contributed by atoms with Crippen molar-refractivity contribution in [2.24, 2.45) is 0 Å². The average molecular weight is 425 g/mol. The molecule has 0 atom stereocenters. The van der Waals surface area contributed by atoms with Gasteiger partial charge in [0.25, 0.3) is 5.56 Å². The van der Waals surface area contributed by atoms with Crippen molar-refractivity contribution in [2.45, 2.75) is 33.4 Å². The van der Waals surface area contributed by atoms with Crippen molar-refractivity contribution in [3.05, 3.63) is 102 Å². The molecule has 0 amide bonds. The molecule has 0 saturated heterocycles. The Morgan fingerprint density at radius 2 is 1.62 bits per heavy atom. The third-order valence-corrected chi connectivity index (χ3v) is 6.88. The summed E-state index contributed by atoms with van der Waals surface area (Å²) in [4.78, 5) is 28.3. The number of fused-ring (bicyclic) bond motifs is 1. The van der Waals surface area contributed by atoms with Crippen LogP contribution in [0.25, 0.3) is 10.2 Å². The van der Waals surface area contributed by atoms with E-state index in [9.17, 15) is 9.59 Å². The van der Waals surface area contributed by atoms with E-state index >= 15 is 0 Å². The molecule has 0 bridgehead atoms. The van der Waals surface area contributed by atoms with Gasteiger partial charge in [0.15, 0.2) is 0 Å². The Morgan fingerprint density at radius 1 is 0.931 bits per heavy atom. The number of hydrogen-bond donors (Lipinski definition) is 0. The molecule has 0 fully saturated rings. The average Bonchev–Trinajstić information content (AvgIpc) is 3.02. The number of aromatic nitrogens is 2. The van der Waals surface area contributed by atoms with Gasteiger partial charge in [0.1, 0.15) is 4.83 Å². The van der Waals surface area contributed by atoms with Crippen LogP contribution >= 0.6 is 22.9 Å². The summed E-state index contributed by atoms with van der Waals surface area (Å²) in [6.07, 6.45) is 0.621. The summed E-state index contributed by atoms with van der Waals surface area (Å²) in [5.41, 5.74) is 2.39. The van der Waals surface area contributed by atoms with Gasteiger partial charge in [-0.15, -0.1) is 11.3 Å². The van der Waals surface area contributed by atoms with Crippen LogP contribution in [0, 0.1) is 13.8 Å². The molecule has 0 spiro atoms. The van der Waals surface area contributed by atoms with Gasteiger partial charge in [-0.3, -0.25) is 13.9 Å². The lowest BCUT2D eigenvalue weighted by molar-refractivity contribution is 0.591. The van der Waals surface area contributed by atoms with E-state index in [0.29, 0.717) is 34.7 Å². The summed E-state index contributed by atoms with van der Waals surface area (Å²) in [6, 6.07) is 17.4. The fraction of sp³-hybridized carbons (Fsp3) is 0.217. The Morgan fingerprint density at radius 3 is 2.34 bits per heavy atom. The van der Waals surface area contributed by atoms with E-state index in [0.717, 1.165) is 21.6 Å². The number of hydrogen-bond acceptors (Lipinski definition) is 3. The zero-order valence-electron chi connectivity index (χ0n) is 16.3. The van der Waals surface area contributed by atoms with Gasteiger partial charge >= 0.3 is 5.69 Å². The molecule has 4 rings (SSSR count). The first-order valence-electron chi connectivity index (χ1n) is 9.48. The number of halogens is 1. The van der Waals surface area contributed by atoms with Gasteiger partial charge < -0.3 is 0 Å². The Kier molecular flexibility index (Phi) is 5.43. The molecule has 0 aliphatic rings. The lowest BCUT2D eigenvalue weighted by Crippen LogP contribution is -2.40. The van der Waals surface area contributed by atoms with Crippen LogP contribution in [0.2, 0.25) is 5.02 Å². The minimum absolute atomic E-state index is 0.210. The number of thiophene rings is 1. The molecule has 6 heteroatoms. The highest BCUT2D eigenvalue weighted by atomic mass is 35.5. The van der Waals surface area contributed by atoms with Gasteiger partial charge in [-0.05, 0) is 43.0 Å². The molecule has 2 aromatic carbocycles. The van der Waals surface area contributed by atoms with Crippen molar-refractivity contribution in [2.75, 3.05) is 0 Å². The van der Waals surface area contributed by atoms with Gasteiger partial charge in [-0.1, -0.05) is 60.1 Å². The summed E-state index contributed by atoms with van der Waals surface area (Å²) < 4.78 is 3.05. The fourth-order valence-electron chi connectivity index (χ4n) is 3.52. The summed E-state index contributed by atoms with van der Waals surface area (Å²) >= 11 is 7.83. The molecule has 0 N–H and O–H groups in total. The van der Waals surface area contributed by atoms with Crippen LogP contribution in [0.5, 0.6) is 0 Å². The van der Waals surface area contributed by atoms with Gasteiger partial charge in [-0.2, -0.15) is 0 Å². The maximum atomic E-state index is 13.4. The lowest BCUT2D eigenvalue weighted by Gasteiger charge is -2.13. The van der Waals surface area contributed by atoms with E-state index in [1.807, 2.05) is 68.4 Å². The third-order valence-electron chi connectivity index (χ3n) is 5.29. The standard InChI is InChI=1S/C23H21ClN2O2S/c1-15-16(2)29-22-20(15)21(27)25(13-12-17-8-4-3-5-9-17)23(28)26(22)14-18-10-6-7-11-19(18)24/h3-11H,12-14H2,1-2H3. The van der Waals surface area contributed by atoms with Crippen molar-refractivity contribution >= 4 is 33.2 Å². The quantitative estimate of drug-likeness (QED) is 0.462. The number of rotatable bonds is 5. The van der Waals surface area contributed by atoms with Crippen LogP contribution in [0.1, 0.15) is 21.6 Å². The molecule has 2 heterocycles. The van der Waals surface area contributed by atoms with Crippen molar-refractivity contribution in [1.82, 2.24) is 9.13 Å². The third kappa shape index (κ3) is 3.68. The van der Waals surface area contributed by atoms with Gasteiger partial charge in [0, 0.05) is 16.4 Å². The highest BCUT2D eigenvalue weighted by Gasteiger charge is 2.19. The molecule has 0 aliphatic carbocycles. The zero-order valence-corrected chi connectivity index (χ0v) is 17.9. The van der Waals surface area contributed by atoms with Crippen molar-refractivity contribution < 1.29 is 0 Å². The monoisotopic (exact) mass is 424 g/mol. The Labute approximate surface area is 177 Å². The first-order valence-corrected chi connectivity index (χ1v) is 10.7. The topological polar surface area (TPSA) is 44.0 Å². The van der Waals surface area contributed by atoms with Crippen LogP contribution in [-0.2, 0) is 19.5 Å². The molecule has 4 aromatic rings. The summed E-state index contributed by atoms with van der Waals surface area (Å²) in [5.74, 6) is 0. The van der Waals surface area contributed by atoms with E-state index in [1.165, 1.54) is 15.9 Å². The molecule has 2 aromatic heterocycles. The van der Waals surface area contributed by atoms with Gasteiger partial charge in [-0.25, -0.2) is 4.79 Å². The SMILES string of the molecule is Cc1sc2c(c1C)c(=O)n(CCc1ccccc1)c(=O)n2Cc1ccccc1Cl. The summed E-state index contributed by atoms with van der Waals surface area (Å²) in [6.45, 7) is 4.61. The number of benzene rings is 2. The van der Waals surface area contributed by atoms with E-state index < -0.39 is 0 Å². The number of nitrogens with zero attached hydrogens (tertiary/aromatic N) is 2. The van der Waals surface area contributed by atoms with Gasteiger partial charge in [0.2, 0.25) is 0 Å². The largest absolute Gasteiger partial charge is 0.332 e. The molecule has 0 saturated carbocycles. The fourth-order valence-corrected chi connectivity index (χ4v) is 4.86. The predicted octanol–water partition coefficient (Wildman–Crippen LogP) is 4.79. The molecular formula is C23H21ClN2O2S. The van der Waals surface area contributed by atoms with Crippen molar-refractivity contribution in [3.63, 3.8) is 0 Å². The van der Waals surface area contributed by atoms with Crippen LogP contribution in [-0.4, -0.2) is 9.13 Å². The van der Waals surface area contributed by atoms with Crippen molar-refractivity contribution in [1.29, 1.82) is 0 Å². The predicted molar refractivity (Wildman–Crippen MR) is 121 cm³/mol. The summed E-state index contributed by atoms with van der Waals surface area (Å²) in [7, 11) is 0. The molecule has 0 radical (unpaired) electrons. The minimum atomic E-state index is -0.292. The first-order chi connectivity index (χ1) is 14.0. The van der Waals surface area contributed by atoms with Crippen molar-refractivity contribution in [3.8, 4) is 0 Å². The van der Waals surface area contributed by atoms with E-state index in [-0.39, 0.29) is 11.2 Å². The second kappa shape index (κ2) is 8.01. The van der Waals surface area contributed by atoms with E-state index in [2.05, 4.69) is 0 Å². The summed E-state index contributed by atoms with van der Waals surface area (Å²) in [5, 5.41) is 1.24.